The first kappa shape index (κ1) is 13.1. The molecule has 0 radical (unpaired) electrons. The maximum Gasteiger partial charge on any atom is 0.229 e. The monoisotopic (exact) mass is 262 g/mol. The Morgan fingerprint density at radius 3 is 2.74 bits per heavy atom. The van der Waals surface area contributed by atoms with Crippen LogP contribution in [0.2, 0.25) is 0 Å². The standard InChI is InChI=1S/C13H15FN4O/c1-18(2)12-6-7-15-13(17-12)16-9-4-5-10(14)11(8-9)19-3/h4-8H,1-3H3,(H,15,16,17). The molecule has 1 N–H and O–H groups in total. The zero-order valence-corrected chi connectivity index (χ0v) is 11.0. The second kappa shape index (κ2) is 5.51. The van der Waals surface area contributed by atoms with Crippen LogP contribution in [0.1, 0.15) is 0 Å². The SMILES string of the molecule is COc1cc(Nc2nccc(N(C)C)n2)ccc1F. The van der Waals surface area contributed by atoms with Crippen LogP contribution in [-0.2, 0) is 0 Å². The summed E-state index contributed by atoms with van der Waals surface area (Å²) in [6.45, 7) is 0. The van der Waals surface area contributed by atoms with Gasteiger partial charge in [0.15, 0.2) is 11.6 Å². The van der Waals surface area contributed by atoms with Crippen LogP contribution in [0.5, 0.6) is 5.75 Å². The molecule has 1 heterocycles. The van der Waals surface area contributed by atoms with E-state index in [4.69, 9.17) is 4.74 Å². The van der Waals surface area contributed by atoms with Crippen molar-refractivity contribution in [2.75, 3.05) is 31.4 Å². The molecule has 0 spiro atoms. The van der Waals surface area contributed by atoms with Gasteiger partial charge in [-0.15, -0.1) is 0 Å². The van der Waals surface area contributed by atoms with Crippen molar-refractivity contribution in [1.29, 1.82) is 0 Å². The van der Waals surface area contributed by atoms with Crippen LogP contribution in [-0.4, -0.2) is 31.2 Å². The van der Waals surface area contributed by atoms with Crippen LogP contribution in [0.4, 0.5) is 21.8 Å². The van der Waals surface area contributed by atoms with Gasteiger partial charge in [0, 0.05) is 32.0 Å². The summed E-state index contributed by atoms with van der Waals surface area (Å²) in [6, 6.07) is 6.29. The lowest BCUT2D eigenvalue weighted by Crippen LogP contribution is -2.11. The Balaban J connectivity index is 2.23. The first-order valence-corrected chi connectivity index (χ1v) is 5.71. The summed E-state index contributed by atoms with van der Waals surface area (Å²) in [5, 5.41) is 3.01. The van der Waals surface area contributed by atoms with E-state index in [-0.39, 0.29) is 5.75 Å². The highest BCUT2D eigenvalue weighted by Crippen LogP contribution is 2.23. The molecular weight excluding hydrogens is 247 g/mol. The molecule has 1 aromatic heterocycles. The second-order valence-electron chi connectivity index (χ2n) is 4.11. The first-order chi connectivity index (χ1) is 9.10. The number of rotatable bonds is 4. The Labute approximate surface area is 111 Å². The highest BCUT2D eigenvalue weighted by molar-refractivity contribution is 5.57. The van der Waals surface area contributed by atoms with E-state index in [1.807, 2.05) is 19.0 Å². The normalized spacial score (nSPS) is 10.1. The zero-order valence-electron chi connectivity index (χ0n) is 11.0. The van der Waals surface area contributed by atoms with Crippen LogP contribution in [0.25, 0.3) is 0 Å². The quantitative estimate of drug-likeness (QED) is 0.917. The minimum Gasteiger partial charge on any atom is -0.494 e. The summed E-state index contributed by atoms with van der Waals surface area (Å²) in [6.07, 6.45) is 1.66. The van der Waals surface area contributed by atoms with Crippen molar-refractivity contribution in [3.05, 3.63) is 36.3 Å². The van der Waals surface area contributed by atoms with Gasteiger partial charge in [0.05, 0.1) is 7.11 Å². The molecule has 0 amide bonds. The Bertz CT molecular complexity index is 574. The minimum absolute atomic E-state index is 0.175. The number of nitrogens with zero attached hydrogens (tertiary/aromatic N) is 3. The highest BCUT2D eigenvalue weighted by Gasteiger charge is 2.05. The van der Waals surface area contributed by atoms with Crippen LogP contribution < -0.4 is 15.0 Å². The van der Waals surface area contributed by atoms with Gasteiger partial charge in [-0.05, 0) is 18.2 Å². The van der Waals surface area contributed by atoms with Crippen molar-refractivity contribution < 1.29 is 9.13 Å². The fraction of sp³-hybridized carbons (Fsp3) is 0.231. The van der Waals surface area contributed by atoms with Gasteiger partial charge in [-0.25, -0.2) is 9.37 Å². The van der Waals surface area contributed by atoms with Gasteiger partial charge in [-0.2, -0.15) is 4.98 Å². The van der Waals surface area contributed by atoms with Gasteiger partial charge in [0.1, 0.15) is 5.82 Å². The van der Waals surface area contributed by atoms with Crippen LogP contribution in [0.3, 0.4) is 0 Å². The van der Waals surface area contributed by atoms with Crippen LogP contribution >= 0.6 is 0 Å². The lowest BCUT2D eigenvalue weighted by molar-refractivity contribution is 0.387. The summed E-state index contributed by atoms with van der Waals surface area (Å²) in [4.78, 5) is 10.3. The van der Waals surface area contributed by atoms with Gasteiger partial charge in [0.25, 0.3) is 0 Å². The van der Waals surface area contributed by atoms with E-state index in [9.17, 15) is 4.39 Å². The third-order valence-electron chi connectivity index (χ3n) is 2.51. The molecule has 100 valence electrons. The maximum atomic E-state index is 13.3. The van der Waals surface area contributed by atoms with Crippen molar-refractivity contribution in [3.63, 3.8) is 0 Å². The Morgan fingerprint density at radius 2 is 2.05 bits per heavy atom. The van der Waals surface area contributed by atoms with Crippen LogP contribution in [0.15, 0.2) is 30.5 Å². The number of hydrogen-bond acceptors (Lipinski definition) is 5. The molecule has 0 bridgehead atoms. The van der Waals surface area contributed by atoms with E-state index in [0.29, 0.717) is 11.6 Å². The third kappa shape index (κ3) is 3.09. The predicted octanol–water partition coefficient (Wildman–Crippen LogP) is 2.43. The van der Waals surface area contributed by atoms with Gasteiger partial charge >= 0.3 is 0 Å². The van der Waals surface area contributed by atoms with Crippen molar-refractivity contribution in [2.24, 2.45) is 0 Å². The topological polar surface area (TPSA) is 50.3 Å². The van der Waals surface area contributed by atoms with Gasteiger partial charge in [-0.3, -0.25) is 0 Å². The summed E-state index contributed by atoms with van der Waals surface area (Å²) >= 11 is 0. The highest BCUT2D eigenvalue weighted by atomic mass is 19.1. The van der Waals surface area contributed by atoms with E-state index in [1.54, 1.807) is 24.4 Å². The minimum atomic E-state index is -0.406. The smallest absolute Gasteiger partial charge is 0.229 e. The fourth-order valence-electron chi connectivity index (χ4n) is 1.53. The molecule has 0 saturated carbocycles. The number of methoxy groups -OCH3 is 1. The van der Waals surface area contributed by atoms with E-state index < -0.39 is 5.82 Å². The number of anilines is 3. The molecule has 0 aliphatic rings. The molecule has 19 heavy (non-hydrogen) atoms. The summed E-state index contributed by atoms with van der Waals surface area (Å²) in [5.74, 6) is 0.996. The lowest BCUT2D eigenvalue weighted by atomic mass is 10.3. The van der Waals surface area contributed by atoms with Crippen molar-refractivity contribution in [3.8, 4) is 5.75 Å². The molecule has 1 aromatic carbocycles. The fourth-order valence-corrected chi connectivity index (χ4v) is 1.53. The molecule has 0 saturated heterocycles. The first-order valence-electron chi connectivity index (χ1n) is 5.71. The number of nitrogens with one attached hydrogen (secondary N) is 1. The molecule has 5 nitrogen and oxygen atoms in total. The third-order valence-corrected chi connectivity index (χ3v) is 2.51. The molecule has 0 atom stereocenters. The van der Waals surface area contributed by atoms with Crippen LogP contribution in [0, 0.1) is 5.82 Å². The summed E-state index contributed by atoms with van der Waals surface area (Å²) < 4.78 is 18.2. The van der Waals surface area contributed by atoms with Crippen molar-refractivity contribution in [2.45, 2.75) is 0 Å². The molecule has 2 rings (SSSR count). The van der Waals surface area contributed by atoms with E-state index in [0.717, 1.165) is 5.82 Å². The molecule has 0 fully saturated rings. The largest absolute Gasteiger partial charge is 0.494 e. The van der Waals surface area contributed by atoms with Gasteiger partial charge < -0.3 is 15.0 Å². The molecular formula is C13H15FN4O. The number of benzene rings is 1. The van der Waals surface area contributed by atoms with Gasteiger partial charge in [-0.1, -0.05) is 0 Å². The second-order valence-corrected chi connectivity index (χ2v) is 4.11. The Hall–Kier alpha value is -2.37. The summed E-state index contributed by atoms with van der Waals surface area (Å²) in [5.41, 5.74) is 0.661. The summed E-state index contributed by atoms with van der Waals surface area (Å²) in [7, 11) is 5.21. The average Bonchev–Trinajstić information content (AvgIpc) is 2.41. The Kier molecular flexibility index (Phi) is 3.79. The van der Waals surface area contributed by atoms with E-state index in [1.165, 1.54) is 13.2 Å². The number of aromatic nitrogens is 2. The number of halogens is 1. The van der Waals surface area contributed by atoms with E-state index in [2.05, 4.69) is 15.3 Å². The van der Waals surface area contributed by atoms with Gasteiger partial charge in [0.2, 0.25) is 5.95 Å². The number of hydrogen-bond donors (Lipinski definition) is 1. The maximum absolute atomic E-state index is 13.3. The number of ether oxygens (including phenoxy) is 1. The molecule has 2 aromatic rings. The van der Waals surface area contributed by atoms with Crippen molar-refractivity contribution in [1.82, 2.24) is 9.97 Å². The van der Waals surface area contributed by atoms with E-state index >= 15 is 0 Å². The lowest BCUT2D eigenvalue weighted by Gasteiger charge is -2.12. The molecule has 6 heteroatoms. The average molecular weight is 262 g/mol. The molecule has 0 aliphatic carbocycles. The molecule has 0 aliphatic heterocycles. The zero-order chi connectivity index (χ0) is 13.8. The Morgan fingerprint density at radius 1 is 1.26 bits per heavy atom. The van der Waals surface area contributed by atoms with Crippen molar-refractivity contribution >= 4 is 17.5 Å². The molecule has 0 unspecified atom stereocenters. The predicted molar refractivity (Wildman–Crippen MR) is 72.6 cm³/mol.